The summed E-state index contributed by atoms with van der Waals surface area (Å²) < 4.78 is 5.47. The Hall–Kier alpha value is -2.62. The van der Waals surface area contributed by atoms with Crippen LogP contribution in [0.15, 0.2) is 54.6 Å². The van der Waals surface area contributed by atoms with Gasteiger partial charge in [0.05, 0.1) is 5.92 Å². The van der Waals surface area contributed by atoms with Gasteiger partial charge in [0.2, 0.25) is 5.91 Å². The molecule has 0 radical (unpaired) electrons. The lowest BCUT2D eigenvalue weighted by atomic mass is 9.87. The number of esters is 1. The van der Waals surface area contributed by atoms with E-state index in [0.717, 1.165) is 11.1 Å². The number of nitrogens with zero attached hydrogens (tertiary/aromatic N) is 1. The molecule has 0 N–H and O–H groups in total. The fraction of sp³-hybridized carbons (Fsp3) is 0.391. The van der Waals surface area contributed by atoms with Crippen molar-refractivity contribution in [2.45, 2.75) is 45.8 Å². The second-order valence-corrected chi connectivity index (χ2v) is 8.22. The number of hydrogen-bond donors (Lipinski definition) is 0. The first kappa shape index (κ1) is 19.2. The molecule has 1 heterocycles. The average molecular weight is 365 g/mol. The number of rotatable bonds is 5. The molecule has 142 valence electrons. The summed E-state index contributed by atoms with van der Waals surface area (Å²) in [5.74, 6) is -0.663. The van der Waals surface area contributed by atoms with E-state index in [4.69, 9.17) is 4.74 Å². The van der Waals surface area contributed by atoms with Crippen molar-refractivity contribution >= 4 is 11.9 Å². The molecule has 0 spiro atoms. The van der Waals surface area contributed by atoms with Crippen LogP contribution in [-0.4, -0.2) is 23.3 Å². The van der Waals surface area contributed by atoms with Crippen LogP contribution in [-0.2, 0) is 32.9 Å². The van der Waals surface area contributed by atoms with E-state index in [-0.39, 0.29) is 36.2 Å². The monoisotopic (exact) mass is 365 g/mol. The standard InChI is InChI=1S/C23H27NO3/c1-23(2,3)20-11-9-18(10-12-20)16-27-22(26)19-13-21(25)24(15-19)14-17-7-5-4-6-8-17/h4-12,19H,13-16H2,1-3H3. The van der Waals surface area contributed by atoms with Crippen molar-refractivity contribution in [2.75, 3.05) is 6.54 Å². The highest BCUT2D eigenvalue weighted by Crippen LogP contribution is 2.24. The third-order valence-electron chi connectivity index (χ3n) is 4.97. The highest BCUT2D eigenvalue weighted by Gasteiger charge is 2.35. The molecule has 1 saturated heterocycles. The van der Waals surface area contributed by atoms with Crippen LogP contribution in [0.25, 0.3) is 0 Å². The maximum atomic E-state index is 12.4. The number of ether oxygens (including phenoxy) is 1. The SMILES string of the molecule is CC(C)(C)c1ccc(COC(=O)C2CC(=O)N(Cc3ccccc3)C2)cc1. The third kappa shape index (κ3) is 4.97. The molecule has 0 aliphatic carbocycles. The van der Waals surface area contributed by atoms with Gasteiger partial charge in [0.25, 0.3) is 0 Å². The molecule has 1 aliphatic heterocycles. The zero-order valence-electron chi connectivity index (χ0n) is 16.3. The lowest BCUT2D eigenvalue weighted by Gasteiger charge is -2.19. The fourth-order valence-corrected chi connectivity index (χ4v) is 3.26. The molecular weight excluding hydrogens is 338 g/mol. The summed E-state index contributed by atoms with van der Waals surface area (Å²) in [7, 11) is 0. The van der Waals surface area contributed by atoms with Gasteiger partial charge in [-0.1, -0.05) is 75.4 Å². The first-order valence-corrected chi connectivity index (χ1v) is 9.40. The van der Waals surface area contributed by atoms with Crippen molar-refractivity contribution < 1.29 is 14.3 Å². The molecule has 1 fully saturated rings. The zero-order valence-corrected chi connectivity index (χ0v) is 16.3. The van der Waals surface area contributed by atoms with Gasteiger partial charge in [-0.25, -0.2) is 0 Å². The van der Waals surface area contributed by atoms with Crippen LogP contribution in [0.4, 0.5) is 0 Å². The van der Waals surface area contributed by atoms with E-state index in [1.54, 1.807) is 4.90 Å². The first-order valence-electron chi connectivity index (χ1n) is 9.40. The minimum Gasteiger partial charge on any atom is -0.461 e. The first-order chi connectivity index (χ1) is 12.8. The molecule has 1 aliphatic rings. The molecule has 4 heteroatoms. The Bertz CT molecular complexity index is 791. The smallest absolute Gasteiger partial charge is 0.311 e. The van der Waals surface area contributed by atoms with Gasteiger partial charge in [0.1, 0.15) is 6.61 Å². The van der Waals surface area contributed by atoms with Gasteiger partial charge in [-0.05, 0) is 22.1 Å². The van der Waals surface area contributed by atoms with Crippen LogP contribution >= 0.6 is 0 Å². The van der Waals surface area contributed by atoms with Crippen molar-refractivity contribution in [1.82, 2.24) is 4.90 Å². The second-order valence-electron chi connectivity index (χ2n) is 8.22. The lowest BCUT2D eigenvalue weighted by Crippen LogP contribution is -2.26. The second kappa shape index (κ2) is 7.95. The van der Waals surface area contributed by atoms with Gasteiger partial charge in [0.15, 0.2) is 0 Å². The van der Waals surface area contributed by atoms with Crippen molar-refractivity contribution in [2.24, 2.45) is 5.92 Å². The maximum absolute atomic E-state index is 12.4. The average Bonchev–Trinajstić information content (AvgIpc) is 3.01. The Kier molecular flexibility index (Phi) is 5.64. The highest BCUT2D eigenvalue weighted by molar-refractivity contribution is 5.86. The van der Waals surface area contributed by atoms with Gasteiger partial charge < -0.3 is 9.64 Å². The minimum absolute atomic E-state index is 0.00957. The van der Waals surface area contributed by atoms with Gasteiger partial charge in [0, 0.05) is 19.5 Å². The van der Waals surface area contributed by atoms with Crippen molar-refractivity contribution in [1.29, 1.82) is 0 Å². The summed E-state index contributed by atoms with van der Waals surface area (Å²) in [4.78, 5) is 26.3. The molecule has 1 atom stereocenters. The predicted octanol–water partition coefficient (Wildman–Crippen LogP) is 4.08. The van der Waals surface area contributed by atoms with Crippen molar-refractivity contribution in [3.05, 3.63) is 71.3 Å². The molecule has 27 heavy (non-hydrogen) atoms. The van der Waals surface area contributed by atoms with E-state index < -0.39 is 0 Å². The Balaban J connectivity index is 1.52. The Morgan fingerprint density at radius 3 is 2.33 bits per heavy atom. The molecule has 0 saturated carbocycles. The van der Waals surface area contributed by atoms with Gasteiger partial charge in [-0.3, -0.25) is 9.59 Å². The van der Waals surface area contributed by atoms with Crippen LogP contribution in [0.1, 0.15) is 43.9 Å². The lowest BCUT2D eigenvalue weighted by molar-refractivity contribution is -0.149. The largest absolute Gasteiger partial charge is 0.461 e. The van der Waals surface area contributed by atoms with Crippen LogP contribution in [0.5, 0.6) is 0 Å². The molecule has 2 aromatic carbocycles. The predicted molar refractivity (Wildman–Crippen MR) is 105 cm³/mol. The number of amides is 1. The molecule has 0 aromatic heterocycles. The summed E-state index contributed by atoms with van der Waals surface area (Å²) in [5.41, 5.74) is 3.37. The molecule has 1 amide bonds. The molecule has 2 aromatic rings. The topological polar surface area (TPSA) is 46.6 Å². The third-order valence-corrected chi connectivity index (χ3v) is 4.97. The van der Waals surface area contributed by atoms with Gasteiger partial charge in [-0.2, -0.15) is 0 Å². The van der Waals surface area contributed by atoms with E-state index in [9.17, 15) is 9.59 Å². The quantitative estimate of drug-likeness (QED) is 0.750. The Morgan fingerprint density at radius 1 is 1.04 bits per heavy atom. The van der Waals surface area contributed by atoms with Crippen molar-refractivity contribution in [3.8, 4) is 0 Å². The van der Waals surface area contributed by atoms with Gasteiger partial charge in [-0.15, -0.1) is 0 Å². The van der Waals surface area contributed by atoms with E-state index in [0.29, 0.717) is 13.1 Å². The van der Waals surface area contributed by atoms with E-state index in [1.807, 2.05) is 42.5 Å². The molecule has 3 rings (SSSR count). The molecular formula is C23H27NO3. The number of hydrogen-bond acceptors (Lipinski definition) is 3. The van der Waals surface area contributed by atoms with E-state index in [2.05, 4.69) is 32.9 Å². The summed E-state index contributed by atoms with van der Waals surface area (Å²) in [6.07, 6.45) is 0.231. The summed E-state index contributed by atoms with van der Waals surface area (Å²) in [6, 6.07) is 18.0. The van der Waals surface area contributed by atoms with Crippen LogP contribution in [0, 0.1) is 5.92 Å². The normalized spacial score (nSPS) is 17.2. The Morgan fingerprint density at radius 2 is 1.70 bits per heavy atom. The molecule has 4 nitrogen and oxygen atoms in total. The molecule has 0 bridgehead atoms. The van der Waals surface area contributed by atoms with E-state index in [1.165, 1.54) is 5.56 Å². The zero-order chi connectivity index (χ0) is 19.4. The molecule has 1 unspecified atom stereocenters. The number of likely N-dealkylation sites (tertiary alicyclic amines) is 1. The van der Waals surface area contributed by atoms with Crippen molar-refractivity contribution in [3.63, 3.8) is 0 Å². The van der Waals surface area contributed by atoms with Crippen LogP contribution in [0.2, 0.25) is 0 Å². The summed E-state index contributed by atoms with van der Waals surface area (Å²) in [5, 5.41) is 0. The van der Waals surface area contributed by atoms with E-state index >= 15 is 0 Å². The Labute approximate surface area is 161 Å². The van der Waals surface area contributed by atoms with Crippen LogP contribution < -0.4 is 0 Å². The fourth-order valence-electron chi connectivity index (χ4n) is 3.26. The van der Waals surface area contributed by atoms with Crippen LogP contribution in [0.3, 0.4) is 0 Å². The summed E-state index contributed by atoms with van der Waals surface area (Å²) in [6.45, 7) is 7.71. The minimum atomic E-state index is -0.380. The highest BCUT2D eigenvalue weighted by atomic mass is 16.5. The number of benzene rings is 2. The summed E-state index contributed by atoms with van der Waals surface area (Å²) >= 11 is 0. The number of carbonyl (C=O) groups excluding carboxylic acids is 2. The maximum Gasteiger partial charge on any atom is 0.311 e. The van der Waals surface area contributed by atoms with Gasteiger partial charge >= 0.3 is 5.97 Å². The number of carbonyl (C=O) groups is 2.